The third-order valence-corrected chi connectivity index (χ3v) is 3.37. The number of ether oxygens (including phenoxy) is 1. The minimum Gasteiger partial charge on any atom is -0.378 e. The van der Waals surface area contributed by atoms with E-state index in [4.69, 9.17) is 10.00 Å². The summed E-state index contributed by atoms with van der Waals surface area (Å²) in [7, 11) is 0. The third kappa shape index (κ3) is 4.08. The van der Waals surface area contributed by atoms with Crippen molar-refractivity contribution in [1.82, 2.24) is 0 Å². The molecular formula is C18H20N2O. The highest BCUT2D eigenvalue weighted by molar-refractivity contribution is 5.52. The van der Waals surface area contributed by atoms with Crippen LogP contribution in [-0.4, -0.2) is 6.61 Å². The lowest BCUT2D eigenvalue weighted by Crippen LogP contribution is -2.09. The van der Waals surface area contributed by atoms with E-state index in [1.807, 2.05) is 43.3 Å². The average molecular weight is 280 g/mol. The average Bonchev–Trinajstić information content (AvgIpc) is 2.54. The van der Waals surface area contributed by atoms with Gasteiger partial charge in [-0.15, -0.1) is 0 Å². The molecule has 0 saturated heterocycles. The molecule has 0 aromatic heterocycles. The van der Waals surface area contributed by atoms with E-state index in [1.165, 1.54) is 0 Å². The number of para-hydroxylation sites is 1. The predicted molar refractivity (Wildman–Crippen MR) is 85.0 cm³/mol. The Morgan fingerprint density at radius 3 is 2.76 bits per heavy atom. The van der Waals surface area contributed by atoms with Crippen LogP contribution in [-0.2, 0) is 11.3 Å². The second-order valence-electron chi connectivity index (χ2n) is 4.90. The van der Waals surface area contributed by atoms with Gasteiger partial charge in [0.05, 0.1) is 18.2 Å². The van der Waals surface area contributed by atoms with E-state index in [0.717, 1.165) is 16.8 Å². The zero-order chi connectivity index (χ0) is 15.1. The second-order valence-corrected chi connectivity index (χ2v) is 4.90. The molecule has 0 amide bonds. The molecule has 21 heavy (non-hydrogen) atoms. The topological polar surface area (TPSA) is 45.0 Å². The number of hydrogen-bond donors (Lipinski definition) is 1. The normalized spacial score (nSPS) is 11.7. The molecule has 0 saturated carbocycles. The van der Waals surface area contributed by atoms with Crippen LogP contribution in [0.4, 0.5) is 5.69 Å². The first-order chi connectivity index (χ1) is 10.2. The van der Waals surface area contributed by atoms with Crippen LogP contribution in [0.2, 0.25) is 0 Å². The number of nitrogens with zero attached hydrogens (tertiary/aromatic N) is 1. The van der Waals surface area contributed by atoms with Crippen LogP contribution < -0.4 is 5.32 Å². The van der Waals surface area contributed by atoms with Crippen molar-refractivity contribution in [2.45, 2.75) is 26.5 Å². The fraction of sp³-hybridized carbons (Fsp3) is 0.278. The lowest BCUT2D eigenvalue weighted by molar-refractivity contribution is 0.134. The second kappa shape index (κ2) is 7.47. The Hall–Kier alpha value is -2.31. The molecule has 1 atom stereocenters. The number of nitrogens with one attached hydrogen (secondary N) is 1. The van der Waals surface area contributed by atoms with Gasteiger partial charge in [-0.05, 0) is 37.6 Å². The molecule has 2 aromatic rings. The van der Waals surface area contributed by atoms with E-state index < -0.39 is 0 Å². The van der Waals surface area contributed by atoms with Gasteiger partial charge in [-0.25, -0.2) is 0 Å². The molecule has 0 radical (unpaired) electrons. The highest BCUT2D eigenvalue weighted by atomic mass is 16.5. The first-order valence-electron chi connectivity index (χ1n) is 7.17. The van der Waals surface area contributed by atoms with Crippen LogP contribution in [0.1, 0.15) is 36.6 Å². The molecule has 108 valence electrons. The molecule has 1 N–H and O–H groups in total. The zero-order valence-corrected chi connectivity index (χ0v) is 12.5. The SMILES string of the molecule is CCOCc1ccccc1NC(C)c1cccc(C#N)c1. The lowest BCUT2D eigenvalue weighted by atomic mass is 10.0. The molecule has 2 rings (SSSR count). The largest absolute Gasteiger partial charge is 0.378 e. The standard InChI is InChI=1S/C18H20N2O/c1-3-21-13-17-8-4-5-10-18(17)20-14(2)16-9-6-7-15(11-16)12-19/h4-11,14,20H,3,13H2,1-2H3. The van der Waals surface area contributed by atoms with Crippen LogP contribution in [0.15, 0.2) is 48.5 Å². The van der Waals surface area contributed by atoms with E-state index in [1.54, 1.807) is 0 Å². The Morgan fingerprint density at radius 2 is 2.00 bits per heavy atom. The number of anilines is 1. The maximum absolute atomic E-state index is 8.99. The fourth-order valence-electron chi connectivity index (χ4n) is 2.19. The minimum absolute atomic E-state index is 0.126. The quantitative estimate of drug-likeness (QED) is 0.859. The molecule has 0 aliphatic rings. The monoisotopic (exact) mass is 280 g/mol. The van der Waals surface area contributed by atoms with Crippen molar-refractivity contribution in [1.29, 1.82) is 5.26 Å². The van der Waals surface area contributed by atoms with Crippen molar-refractivity contribution >= 4 is 5.69 Å². The van der Waals surface area contributed by atoms with Gasteiger partial charge in [-0.2, -0.15) is 5.26 Å². The number of hydrogen-bond acceptors (Lipinski definition) is 3. The summed E-state index contributed by atoms with van der Waals surface area (Å²) in [5.74, 6) is 0. The summed E-state index contributed by atoms with van der Waals surface area (Å²) in [6.45, 7) is 5.39. The molecule has 0 spiro atoms. The maximum atomic E-state index is 8.99. The highest BCUT2D eigenvalue weighted by Crippen LogP contribution is 2.23. The summed E-state index contributed by atoms with van der Waals surface area (Å²) >= 11 is 0. The van der Waals surface area contributed by atoms with Gasteiger partial charge in [0.1, 0.15) is 0 Å². The Morgan fingerprint density at radius 1 is 1.19 bits per heavy atom. The van der Waals surface area contributed by atoms with Crippen molar-refractivity contribution in [2.75, 3.05) is 11.9 Å². The maximum Gasteiger partial charge on any atom is 0.0991 e. The number of benzene rings is 2. The molecule has 0 heterocycles. The van der Waals surface area contributed by atoms with Crippen LogP contribution in [0, 0.1) is 11.3 Å². The van der Waals surface area contributed by atoms with Gasteiger partial charge in [0.2, 0.25) is 0 Å². The van der Waals surface area contributed by atoms with E-state index in [-0.39, 0.29) is 6.04 Å². The fourth-order valence-corrected chi connectivity index (χ4v) is 2.19. The van der Waals surface area contributed by atoms with Crippen molar-refractivity contribution in [2.24, 2.45) is 0 Å². The predicted octanol–water partition coefficient (Wildman–Crippen LogP) is 4.27. The smallest absolute Gasteiger partial charge is 0.0991 e. The summed E-state index contributed by atoms with van der Waals surface area (Å²) in [5.41, 5.74) is 3.99. The Labute approximate surface area is 126 Å². The Kier molecular flexibility index (Phi) is 5.36. The highest BCUT2D eigenvalue weighted by Gasteiger charge is 2.08. The molecule has 0 bridgehead atoms. The summed E-state index contributed by atoms with van der Waals surface area (Å²) in [4.78, 5) is 0. The van der Waals surface area contributed by atoms with Gasteiger partial charge in [0.15, 0.2) is 0 Å². The van der Waals surface area contributed by atoms with Gasteiger partial charge in [0, 0.05) is 23.9 Å². The Balaban J connectivity index is 2.15. The van der Waals surface area contributed by atoms with Gasteiger partial charge in [-0.1, -0.05) is 30.3 Å². The molecular weight excluding hydrogens is 260 g/mol. The van der Waals surface area contributed by atoms with Crippen molar-refractivity contribution < 1.29 is 4.74 Å². The van der Waals surface area contributed by atoms with Gasteiger partial charge in [0.25, 0.3) is 0 Å². The third-order valence-electron chi connectivity index (χ3n) is 3.37. The first kappa shape index (κ1) is 15.1. The minimum atomic E-state index is 0.126. The van der Waals surface area contributed by atoms with E-state index in [9.17, 15) is 0 Å². The summed E-state index contributed by atoms with van der Waals surface area (Å²) in [5, 5.41) is 12.5. The number of nitriles is 1. The van der Waals surface area contributed by atoms with Crippen LogP contribution in [0.25, 0.3) is 0 Å². The first-order valence-corrected chi connectivity index (χ1v) is 7.17. The van der Waals surface area contributed by atoms with Crippen molar-refractivity contribution in [3.8, 4) is 6.07 Å². The van der Waals surface area contributed by atoms with Crippen LogP contribution in [0.5, 0.6) is 0 Å². The zero-order valence-electron chi connectivity index (χ0n) is 12.5. The molecule has 2 aromatic carbocycles. The molecule has 0 aliphatic carbocycles. The lowest BCUT2D eigenvalue weighted by Gasteiger charge is -2.18. The van der Waals surface area contributed by atoms with Gasteiger partial charge < -0.3 is 10.1 Å². The molecule has 1 unspecified atom stereocenters. The van der Waals surface area contributed by atoms with Crippen molar-refractivity contribution in [3.63, 3.8) is 0 Å². The van der Waals surface area contributed by atoms with Gasteiger partial charge in [-0.3, -0.25) is 0 Å². The summed E-state index contributed by atoms with van der Waals surface area (Å²) in [6, 6.07) is 18.1. The van der Waals surface area contributed by atoms with E-state index >= 15 is 0 Å². The van der Waals surface area contributed by atoms with Gasteiger partial charge >= 0.3 is 0 Å². The van der Waals surface area contributed by atoms with E-state index in [0.29, 0.717) is 18.8 Å². The number of rotatable bonds is 6. The van der Waals surface area contributed by atoms with E-state index in [2.05, 4.69) is 30.4 Å². The molecule has 0 aliphatic heterocycles. The molecule has 3 heteroatoms. The Bertz CT molecular complexity index is 631. The summed E-state index contributed by atoms with van der Waals surface area (Å²) in [6.07, 6.45) is 0. The molecule has 0 fully saturated rings. The molecule has 3 nitrogen and oxygen atoms in total. The van der Waals surface area contributed by atoms with Crippen LogP contribution in [0.3, 0.4) is 0 Å². The van der Waals surface area contributed by atoms with Crippen LogP contribution >= 0.6 is 0 Å². The van der Waals surface area contributed by atoms with Crippen molar-refractivity contribution in [3.05, 3.63) is 65.2 Å². The summed E-state index contributed by atoms with van der Waals surface area (Å²) < 4.78 is 5.50.